The quantitative estimate of drug-likeness (QED) is 0.182. The van der Waals surface area contributed by atoms with Crippen LogP contribution >= 0.6 is 22.7 Å². The summed E-state index contributed by atoms with van der Waals surface area (Å²) in [7, 11) is 0. The molecule has 0 atom stereocenters. The van der Waals surface area contributed by atoms with Gasteiger partial charge in [0.15, 0.2) is 0 Å². The number of benzene rings is 7. The first kappa shape index (κ1) is 24.8. The molecule has 0 aliphatic rings. The van der Waals surface area contributed by atoms with Crippen molar-refractivity contribution in [2.45, 2.75) is 0 Å². The third kappa shape index (κ3) is 3.30. The summed E-state index contributed by atoms with van der Waals surface area (Å²) in [6.45, 7) is 0. The van der Waals surface area contributed by atoms with Gasteiger partial charge in [-0.25, -0.2) is 0 Å². The van der Waals surface area contributed by atoms with Crippen LogP contribution in [0, 0.1) is 0 Å². The first-order valence-corrected chi connectivity index (χ1v) is 17.2. The van der Waals surface area contributed by atoms with Gasteiger partial charge >= 0.3 is 0 Å². The molecule has 0 aliphatic heterocycles. The van der Waals surface area contributed by atoms with Crippen molar-refractivity contribution in [2.24, 2.45) is 0 Å². The highest BCUT2D eigenvalue weighted by molar-refractivity contribution is 7.27. The van der Waals surface area contributed by atoms with Crippen molar-refractivity contribution in [1.29, 1.82) is 0 Å². The van der Waals surface area contributed by atoms with Gasteiger partial charge < -0.3 is 9.13 Å². The van der Waals surface area contributed by atoms with E-state index < -0.39 is 0 Å². The average Bonchev–Trinajstić information content (AvgIpc) is 3.84. The second kappa shape index (κ2) is 9.07. The highest BCUT2D eigenvalue weighted by Crippen LogP contribution is 2.44. The van der Waals surface area contributed by atoms with E-state index in [2.05, 4.69) is 155 Å². The van der Waals surface area contributed by atoms with Crippen LogP contribution in [0.2, 0.25) is 0 Å². The molecule has 4 heteroatoms. The maximum atomic E-state index is 2.43. The molecule has 0 bridgehead atoms. The second-order valence-corrected chi connectivity index (χ2v) is 14.3. The summed E-state index contributed by atoms with van der Waals surface area (Å²) < 4.78 is 10.2. The number of fused-ring (bicyclic) bond motifs is 12. The average molecular weight is 621 g/mol. The van der Waals surface area contributed by atoms with Crippen molar-refractivity contribution in [3.05, 3.63) is 146 Å². The zero-order chi connectivity index (χ0) is 29.9. The van der Waals surface area contributed by atoms with Crippen LogP contribution in [0.15, 0.2) is 146 Å². The van der Waals surface area contributed by atoms with Crippen LogP contribution in [0.4, 0.5) is 0 Å². The second-order valence-electron chi connectivity index (χ2n) is 12.1. The molecule has 0 spiro atoms. The number of para-hydroxylation sites is 4. The lowest BCUT2D eigenvalue weighted by atomic mass is 10.1. The van der Waals surface area contributed by atoms with E-state index in [0.717, 1.165) is 0 Å². The Balaban J connectivity index is 1.13. The summed E-state index contributed by atoms with van der Waals surface area (Å²) >= 11 is 3.80. The van der Waals surface area contributed by atoms with Gasteiger partial charge in [0.25, 0.3) is 0 Å². The lowest BCUT2D eigenvalue weighted by molar-refractivity contribution is 1.19. The minimum absolute atomic E-state index is 1.21. The monoisotopic (exact) mass is 620 g/mol. The van der Waals surface area contributed by atoms with E-state index in [9.17, 15) is 0 Å². The third-order valence-corrected chi connectivity index (χ3v) is 12.0. The van der Waals surface area contributed by atoms with Gasteiger partial charge in [0.05, 0.1) is 22.1 Å². The maximum Gasteiger partial charge on any atom is 0.0541 e. The summed E-state index contributed by atoms with van der Waals surface area (Å²) in [5, 5.41) is 10.5. The van der Waals surface area contributed by atoms with Crippen LogP contribution in [-0.2, 0) is 0 Å². The van der Waals surface area contributed by atoms with Crippen molar-refractivity contribution in [3.8, 4) is 11.4 Å². The van der Waals surface area contributed by atoms with Gasteiger partial charge in [-0.2, -0.15) is 0 Å². The van der Waals surface area contributed by atoms with Crippen molar-refractivity contribution < 1.29 is 0 Å². The molecule has 0 unspecified atom stereocenters. The number of rotatable bonds is 2. The number of aromatic nitrogens is 2. The van der Waals surface area contributed by atoms with Crippen LogP contribution in [0.25, 0.3) is 95.3 Å². The van der Waals surface area contributed by atoms with Crippen LogP contribution < -0.4 is 0 Å². The number of hydrogen-bond donors (Lipinski definition) is 0. The standard InChI is InChI=1S/C42H24N2S2/c1-5-13-35-27(9-1)28-10-2-6-14-36(28)43(35)25-17-19-39-31(21-25)33-23-42-34(24-41(33)45-39)32-22-26(18-20-40(32)46-42)44-37-15-7-3-11-29(37)30-12-4-8-16-38(30)44/h1-24H. The minimum atomic E-state index is 1.21. The summed E-state index contributed by atoms with van der Waals surface area (Å²) in [4.78, 5) is 0. The number of thiophene rings is 2. The van der Waals surface area contributed by atoms with Crippen LogP contribution in [0.5, 0.6) is 0 Å². The Morgan fingerprint density at radius 2 is 0.609 bits per heavy atom. The molecular formula is C42H24N2S2. The molecule has 11 aromatic rings. The fraction of sp³-hybridized carbons (Fsp3) is 0. The topological polar surface area (TPSA) is 9.86 Å². The fourth-order valence-corrected chi connectivity index (χ4v) is 9.92. The maximum absolute atomic E-state index is 2.43. The molecule has 4 heterocycles. The fourth-order valence-electron chi connectivity index (χ4n) is 7.70. The van der Waals surface area contributed by atoms with Gasteiger partial charge in [-0.1, -0.05) is 72.8 Å². The number of nitrogens with zero attached hydrogens (tertiary/aromatic N) is 2. The lowest BCUT2D eigenvalue weighted by Gasteiger charge is -2.08. The van der Waals surface area contributed by atoms with Gasteiger partial charge in [0, 0.05) is 73.3 Å². The summed E-state index contributed by atoms with van der Waals surface area (Å²) in [6.07, 6.45) is 0. The predicted octanol–water partition coefficient (Wildman–Crippen LogP) is 12.6. The molecule has 0 saturated carbocycles. The molecule has 0 radical (unpaired) electrons. The Morgan fingerprint density at radius 3 is 0.978 bits per heavy atom. The molecule has 0 saturated heterocycles. The minimum Gasteiger partial charge on any atom is -0.309 e. The van der Waals surface area contributed by atoms with Gasteiger partial charge in [0.2, 0.25) is 0 Å². The zero-order valence-corrected chi connectivity index (χ0v) is 26.2. The van der Waals surface area contributed by atoms with Gasteiger partial charge in [-0.3, -0.25) is 0 Å². The normalized spacial score (nSPS) is 12.3. The van der Waals surface area contributed by atoms with E-state index in [1.807, 2.05) is 22.7 Å². The predicted molar refractivity (Wildman–Crippen MR) is 201 cm³/mol. The molecular weight excluding hydrogens is 597 g/mol. The lowest BCUT2D eigenvalue weighted by Crippen LogP contribution is -1.93. The summed E-state index contributed by atoms with van der Waals surface area (Å²) in [5.41, 5.74) is 7.39. The van der Waals surface area contributed by atoms with E-state index in [-0.39, 0.29) is 0 Å². The van der Waals surface area contributed by atoms with Gasteiger partial charge in [-0.15, -0.1) is 22.7 Å². The Bertz CT molecular complexity index is 2720. The van der Waals surface area contributed by atoms with Crippen molar-refractivity contribution in [1.82, 2.24) is 9.13 Å². The molecule has 7 aromatic carbocycles. The number of hydrogen-bond acceptors (Lipinski definition) is 2. The van der Waals surface area contributed by atoms with E-state index in [4.69, 9.17) is 0 Å². The van der Waals surface area contributed by atoms with E-state index in [0.29, 0.717) is 0 Å². The SMILES string of the molecule is c1ccc2c(c1)c1ccccc1n2-c1ccc2sc3cc4c(cc3c2c1)sc1ccc(-n2c3ccccc3c3ccccc32)cc14. The highest BCUT2D eigenvalue weighted by atomic mass is 32.1. The third-order valence-electron chi connectivity index (χ3n) is 9.70. The molecule has 214 valence electrons. The Labute approximate surface area is 271 Å². The van der Waals surface area contributed by atoms with Gasteiger partial charge in [0.1, 0.15) is 0 Å². The van der Waals surface area contributed by atoms with E-state index in [1.165, 1.54) is 95.3 Å². The molecule has 2 nitrogen and oxygen atoms in total. The summed E-state index contributed by atoms with van der Waals surface area (Å²) in [5.74, 6) is 0. The van der Waals surface area contributed by atoms with Crippen LogP contribution in [-0.4, -0.2) is 9.13 Å². The molecule has 11 rings (SSSR count). The largest absolute Gasteiger partial charge is 0.309 e. The Hall–Kier alpha value is -5.42. The van der Waals surface area contributed by atoms with Gasteiger partial charge in [-0.05, 0) is 72.8 Å². The van der Waals surface area contributed by atoms with Crippen LogP contribution in [0.3, 0.4) is 0 Å². The van der Waals surface area contributed by atoms with E-state index >= 15 is 0 Å². The molecule has 4 aromatic heterocycles. The first-order chi connectivity index (χ1) is 22.8. The Kier molecular flexibility index (Phi) is 4.90. The van der Waals surface area contributed by atoms with Crippen molar-refractivity contribution in [3.63, 3.8) is 0 Å². The Morgan fingerprint density at radius 1 is 0.283 bits per heavy atom. The van der Waals surface area contributed by atoms with Crippen molar-refractivity contribution in [2.75, 3.05) is 0 Å². The van der Waals surface area contributed by atoms with Crippen LogP contribution in [0.1, 0.15) is 0 Å². The van der Waals surface area contributed by atoms with Crippen molar-refractivity contribution >= 4 is 107 Å². The molecule has 0 fully saturated rings. The molecule has 46 heavy (non-hydrogen) atoms. The molecule has 0 N–H and O–H groups in total. The summed E-state index contributed by atoms with van der Waals surface area (Å²) in [6, 6.07) is 53.8. The highest BCUT2D eigenvalue weighted by Gasteiger charge is 2.17. The molecule has 0 aliphatic carbocycles. The zero-order valence-electron chi connectivity index (χ0n) is 24.6. The smallest absolute Gasteiger partial charge is 0.0541 e. The van der Waals surface area contributed by atoms with E-state index in [1.54, 1.807) is 0 Å². The molecule has 0 amide bonds. The first-order valence-electron chi connectivity index (χ1n) is 15.6.